The standard InChI is InChI=1S/C14H7Cl4N5.Na.H/c15-10-3-1-8(5-12(10)17)20-22-14(7-19)23-21-9-2-4-11(16)13(18)6-9;;/h1-6,20H;;. The summed E-state index contributed by atoms with van der Waals surface area (Å²) in [7, 11) is 0. The van der Waals surface area contributed by atoms with Crippen molar-refractivity contribution in [2.45, 2.75) is 0 Å². The van der Waals surface area contributed by atoms with Crippen LogP contribution < -0.4 is 5.43 Å². The van der Waals surface area contributed by atoms with Crippen LogP contribution in [-0.4, -0.2) is 35.4 Å². The Morgan fingerprint density at radius 3 is 2.12 bits per heavy atom. The summed E-state index contributed by atoms with van der Waals surface area (Å²) < 4.78 is 0. The number of nitriles is 1. The van der Waals surface area contributed by atoms with Crippen LogP contribution in [0.4, 0.5) is 11.4 Å². The summed E-state index contributed by atoms with van der Waals surface area (Å²) in [6, 6.07) is 11.3. The van der Waals surface area contributed by atoms with Crippen molar-refractivity contribution in [2.24, 2.45) is 15.3 Å². The summed E-state index contributed by atoms with van der Waals surface area (Å²) in [5.74, 6) is -0.179. The van der Waals surface area contributed by atoms with Crippen LogP contribution in [0, 0.1) is 11.3 Å². The molecule has 0 fully saturated rings. The van der Waals surface area contributed by atoms with Gasteiger partial charge in [-0.2, -0.15) is 5.26 Å². The molecule has 0 atom stereocenters. The third kappa shape index (κ3) is 6.23. The van der Waals surface area contributed by atoms with Crippen molar-refractivity contribution >= 4 is 93.2 Å². The molecule has 1 N–H and O–H groups in total. The van der Waals surface area contributed by atoms with Gasteiger partial charge >= 0.3 is 29.6 Å². The first kappa shape index (κ1) is 21.2. The molecule has 0 bridgehead atoms. The number of hydrazone groups is 1. The van der Waals surface area contributed by atoms with Crippen molar-refractivity contribution in [1.82, 2.24) is 0 Å². The van der Waals surface area contributed by atoms with Crippen LogP contribution in [0.2, 0.25) is 20.1 Å². The summed E-state index contributed by atoms with van der Waals surface area (Å²) in [5, 5.41) is 22.0. The number of nitrogens with zero attached hydrogens (tertiary/aromatic N) is 4. The van der Waals surface area contributed by atoms with E-state index in [-0.39, 0.29) is 35.4 Å². The molecule has 0 spiro atoms. The molecule has 10 heteroatoms. The van der Waals surface area contributed by atoms with E-state index in [4.69, 9.17) is 51.7 Å². The maximum atomic E-state index is 9.01. The molecule has 2 aromatic carbocycles. The van der Waals surface area contributed by atoms with Crippen molar-refractivity contribution in [1.29, 1.82) is 5.26 Å². The molecule has 0 radical (unpaired) electrons. The van der Waals surface area contributed by atoms with E-state index < -0.39 is 0 Å². The van der Waals surface area contributed by atoms with Gasteiger partial charge in [-0.25, -0.2) is 0 Å². The number of rotatable bonds is 3. The molecule has 5 nitrogen and oxygen atoms in total. The van der Waals surface area contributed by atoms with E-state index in [0.29, 0.717) is 31.5 Å². The van der Waals surface area contributed by atoms with Crippen molar-refractivity contribution in [2.75, 3.05) is 5.43 Å². The number of nitrogens with one attached hydrogen (secondary N) is 1. The van der Waals surface area contributed by atoms with Crippen molar-refractivity contribution in [3.63, 3.8) is 0 Å². The van der Waals surface area contributed by atoms with E-state index in [1.165, 1.54) is 6.07 Å². The Labute approximate surface area is 180 Å². The molecule has 118 valence electrons. The Kier molecular flexibility index (Phi) is 9.03. The van der Waals surface area contributed by atoms with E-state index >= 15 is 0 Å². The number of azo groups is 1. The quantitative estimate of drug-likeness (QED) is 0.232. The van der Waals surface area contributed by atoms with Gasteiger partial charge in [0, 0.05) is 0 Å². The topological polar surface area (TPSA) is 72.9 Å². The van der Waals surface area contributed by atoms with Gasteiger partial charge in [0.15, 0.2) is 0 Å². The number of anilines is 1. The first-order valence-electron chi connectivity index (χ1n) is 6.05. The zero-order valence-electron chi connectivity index (χ0n) is 11.3. The van der Waals surface area contributed by atoms with Gasteiger partial charge in [0.1, 0.15) is 6.07 Å². The number of hydrogen-bond donors (Lipinski definition) is 1. The minimum absolute atomic E-state index is 0. The fraction of sp³-hybridized carbons (Fsp3) is 0. The van der Waals surface area contributed by atoms with Gasteiger partial charge in [0.25, 0.3) is 5.84 Å². The number of halogens is 4. The first-order valence-corrected chi connectivity index (χ1v) is 7.56. The molecule has 0 amide bonds. The number of hydrogen-bond acceptors (Lipinski definition) is 4. The van der Waals surface area contributed by atoms with Crippen molar-refractivity contribution in [3.8, 4) is 6.07 Å². The summed E-state index contributed by atoms with van der Waals surface area (Å²) in [6.07, 6.45) is 0. The summed E-state index contributed by atoms with van der Waals surface area (Å²) >= 11 is 23.4. The van der Waals surface area contributed by atoms with Crippen LogP contribution in [0.15, 0.2) is 51.7 Å². The fourth-order valence-electron chi connectivity index (χ4n) is 1.41. The van der Waals surface area contributed by atoms with Gasteiger partial charge in [-0.1, -0.05) is 46.4 Å². The predicted octanol–water partition coefficient (Wildman–Crippen LogP) is 5.68. The monoisotopic (exact) mass is 409 g/mol. The van der Waals surface area contributed by atoms with Crippen LogP contribution >= 0.6 is 46.4 Å². The molecule has 0 aliphatic rings. The molecule has 0 aliphatic carbocycles. The van der Waals surface area contributed by atoms with Gasteiger partial charge in [-0.15, -0.1) is 15.3 Å². The van der Waals surface area contributed by atoms with Gasteiger partial charge < -0.3 is 0 Å². The van der Waals surface area contributed by atoms with E-state index in [0.717, 1.165) is 0 Å². The number of amidine groups is 1. The molecule has 0 aromatic heterocycles. The number of benzene rings is 2. The molecule has 0 saturated carbocycles. The molecular weight excluding hydrogens is 403 g/mol. The third-order valence-electron chi connectivity index (χ3n) is 2.47. The van der Waals surface area contributed by atoms with E-state index in [2.05, 4.69) is 20.8 Å². The summed E-state index contributed by atoms with van der Waals surface area (Å²) in [6.45, 7) is 0. The van der Waals surface area contributed by atoms with Crippen LogP contribution in [-0.2, 0) is 0 Å². The van der Waals surface area contributed by atoms with E-state index in [1.807, 2.05) is 0 Å². The predicted molar refractivity (Wildman–Crippen MR) is 101 cm³/mol. The Morgan fingerprint density at radius 2 is 1.54 bits per heavy atom. The molecule has 2 aromatic rings. The summed E-state index contributed by atoms with van der Waals surface area (Å²) in [5.41, 5.74) is 3.64. The van der Waals surface area contributed by atoms with Crippen LogP contribution in [0.3, 0.4) is 0 Å². The Bertz CT molecular complexity index is 832. The summed E-state index contributed by atoms with van der Waals surface area (Å²) in [4.78, 5) is 0. The molecule has 0 saturated heterocycles. The van der Waals surface area contributed by atoms with Crippen molar-refractivity contribution < 1.29 is 0 Å². The normalized spacial score (nSPS) is 11.0. The fourth-order valence-corrected chi connectivity index (χ4v) is 2.00. The van der Waals surface area contributed by atoms with Gasteiger partial charge in [0.05, 0.1) is 31.5 Å². The van der Waals surface area contributed by atoms with Gasteiger partial charge in [-0.3, -0.25) is 5.43 Å². The molecular formula is C14H8Cl4N5Na. The SMILES string of the molecule is N#CC(N=Nc1ccc(Cl)c(Cl)c1)=NNc1ccc(Cl)c(Cl)c1.[NaH]. The van der Waals surface area contributed by atoms with Crippen LogP contribution in [0.5, 0.6) is 0 Å². The zero-order chi connectivity index (χ0) is 16.8. The third-order valence-corrected chi connectivity index (χ3v) is 3.95. The van der Waals surface area contributed by atoms with Crippen molar-refractivity contribution in [3.05, 3.63) is 56.5 Å². The van der Waals surface area contributed by atoms with E-state index in [1.54, 1.807) is 36.4 Å². The molecule has 0 unspecified atom stereocenters. The molecule has 0 aliphatic heterocycles. The van der Waals surface area contributed by atoms with Gasteiger partial charge in [-0.05, 0) is 36.4 Å². The average molecular weight is 411 g/mol. The second-order valence-electron chi connectivity index (χ2n) is 4.09. The van der Waals surface area contributed by atoms with E-state index in [9.17, 15) is 0 Å². The van der Waals surface area contributed by atoms with Crippen LogP contribution in [0.1, 0.15) is 0 Å². The Hall–Kier alpha value is -0.840. The second-order valence-corrected chi connectivity index (χ2v) is 5.72. The van der Waals surface area contributed by atoms with Crippen LogP contribution in [0.25, 0.3) is 0 Å². The Balaban J connectivity index is 0.00000288. The zero-order valence-corrected chi connectivity index (χ0v) is 14.3. The Morgan fingerprint density at radius 1 is 0.917 bits per heavy atom. The minimum atomic E-state index is -0.179. The van der Waals surface area contributed by atoms with Gasteiger partial charge in [0.2, 0.25) is 0 Å². The maximum absolute atomic E-state index is 9.01. The molecule has 24 heavy (non-hydrogen) atoms. The first-order chi connectivity index (χ1) is 11.0. The average Bonchev–Trinajstić information content (AvgIpc) is 2.54. The molecule has 2 rings (SSSR count). The second kappa shape index (κ2) is 10.2. The molecule has 0 heterocycles.